The van der Waals surface area contributed by atoms with Crippen molar-refractivity contribution in [2.75, 3.05) is 0 Å². The number of rotatable bonds is 3. The molecule has 88 valence electrons. The molecule has 1 aromatic heterocycles. The fourth-order valence-corrected chi connectivity index (χ4v) is 1.26. The Hall–Kier alpha value is -2.28. The first kappa shape index (κ1) is 11.2. The van der Waals surface area contributed by atoms with Crippen molar-refractivity contribution in [1.29, 1.82) is 0 Å². The molecule has 2 N–H and O–H groups in total. The van der Waals surface area contributed by atoms with E-state index in [2.05, 4.69) is 10.2 Å². The van der Waals surface area contributed by atoms with Crippen LogP contribution in [-0.2, 0) is 0 Å². The second-order valence-electron chi connectivity index (χ2n) is 3.54. The fourth-order valence-electron chi connectivity index (χ4n) is 1.26. The molecule has 1 heterocycles. The van der Waals surface area contributed by atoms with Crippen molar-refractivity contribution < 1.29 is 9.34 Å². The van der Waals surface area contributed by atoms with Gasteiger partial charge in [-0.1, -0.05) is 0 Å². The van der Waals surface area contributed by atoms with Crippen LogP contribution in [0.3, 0.4) is 0 Å². The quantitative estimate of drug-likeness (QED) is 0.639. The highest BCUT2D eigenvalue weighted by molar-refractivity contribution is 5.55. The summed E-state index contributed by atoms with van der Waals surface area (Å²) in [5, 5.41) is 18.1. The highest BCUT2D eigenvalue weighted by Crippen LogP contribution is 2.22. The van der Waals surface area contributed by atoms with Crippen LogP contribution in [-0.4, -0.2) is 15.1 Å². The van der Waals surface area contributed by atoms with E-state index >= 15 is 0 Å². The zero-order valence-corrected chi connectivity index (χ0v) is 9.03. The Balaban J connectivity index is 2.30. The summed E-state index contributed by atoms with van der Waals surface area (Å²) < 4.78 is 5.31. The van der Waals surface area contributed by atoms with E-state index < -0.39 is 4.92 Å². The van der Waals surface area contributed by atoms with E-state index in [0.717, 1.165) is 0 Å². The average Bonchev–Trinajstić information content (AvgIpc) is 2.78. The Labute approximate surface area is 96.4 Å². The van der Waals surface area contributed by atoms with Gasteiger partial charge in [0.2, 0.25) is 11.8 Å². The average molecular weight is 234 g/mol. The first-order valence-corrected chi connectivity index (χ1v) is 4.91. The third kappa shape index (κ3) is 2.28. The number of hydrogen-bond donors (Lipinski definition) is 1. The van der Waals surface area contributed by atoms with Crippen LogP contribution in [0.15, 0.2) is 28.7 Å². The van der Waals surface area contributed by atoms with E-state index in [1.807, 2.05) is 0 Å². The summed E-state index contributed by atoms with van der Waals surface area (Å²) >= 11 is 0. The molecule has 0 aliphatic rings. The van der Waals surface area contributed by atoms with E-state index in [1.54, 1.807) is 19.1 Å². The van der Waals surface area contributed by atoms with Crippen molar-refractivity contribution in [3.05, 3.63) is 40.3 Å². The molecule has 0 amide bonds. The minimum Gasteiger partial charge on any atom is -0.419 e. The van der Waals surface area contributed by atoms with Crippen LogP contribution in [0, 0.1) is 10.1 Å². The lowest BCUT2D eigenvalue weighted by Gasteiger charge is -1.96. The summed E-state index contributed by atoms with van der Waals surface area (Å²) in [5.74, 6) is 0.630. The highest BCUT2D eigenvalue weighted by Gasteiger charge is 2.12. The molecule has 1 aromatic carbocycles. The number of benzene rings is 1. The molecule has 0 spiro atoms. The lowest BCUT2D eigenvalue weighted by atomic mass is 10.2. The molecular weight excluding hydrogens is 224 g/mol. The van der Waals surface area contributed by atoms with E-state index in [9.17, 15) is 10.1 Å². The number of hydrogen-bond acceptors (Lipinski definition) is 6. The maximum Gasteiger partial charge on any atom is 0.269 e. The Bertz CT molecular complexity index is 533. The largest absolute Gasteiger partial charge is 0.419 e. The molecule has 2 rings (SSSR count). The predicted octanol–water partition coefficient (Wildman–Crippen LogP) is 1.66. The first-order valence-electron chi connectivity index (χ1n) is 4.91. The smallest absolute Gasteiger partial charge is 0.269 e. The third-order valence-electron chi connectivity index (χ3n) is 2.16. The van der Waals surface area contributed by atoms with Crippen LogP contribution in [0.4, 0.5) is 5.69 Å². The van der Waals surface area contributed by atoms with Gasteiger partial charge in [-0.15, -0.1) is 10.2 Å². The van der Waals surface area contributed by atoms with Crippen molar-refractivity contribution in [2.24, 2.45) is 5.73 Å². The molecule has 1 unspecified atom stereocenters. The summed E-state index contributed by atoms with van der Waals surface area (Å²) in [6.07, 6.45) is 0. The zero-order chi connectivity index (χ0) is 12.4. The van der Waals surface area contributed by atoms with Gasteiger partial charge in [-0.3, -0.25) is 10.1 Å². The van der Waals surface area contributed by atoms with Gasteiger partial charge in [-0.25, -0.2) is 0 Å². The molecule has 0 aliphatic carbocycles. The zero-order valence-electron chi connectivity index (χ0n) is 9.03. The molecule has 0 fully saturated rings. The van der Waals surface area contributed by atoms with Gasteiger partial charge in [-0.2, -0.15) is 0 Å². The topological polar surface area (TPSA) is 108 Å². The van der Waals surface area contributed by atoms with Gasteiger partial charge in [0.05, 0.1) is 11.0 Å². The summed E-state index contributed by atoms with van der Waals surface area (Å²) in [6, 6.07) is 5.53. The second-order valence-corrected chi connectivity index (χ2v) is 3.54. The number of nitrogens with zero attached hydrogens (tertiary/aromatic N) is 3. The molecule has 0 saturated heterocycles. The number of nitro benzene ring substituents is 1. The predicted molar refractivity (Wildman–Crippen MR) is 59.0 cm³/mol. The van der Waals surface area contributed by atoms with E-state index in [0.29, 0.717) is 17.3 Å². The molecular formula is C10H10N4O3. The first-order chi connectivity index (χ1) is 8.08. The third-order valence-corrected chi connectivity index (χ3v) is 2.16. The Kier molecular flexibility index (Phi) is 2.84. The van der Waals surface area contributed by atoms with E-state index in [4.69, 9.17) is 10.2 Å². The number of non-ortho nitro benzene ring substituents is 1. The highest BCUT2D eigenvalue weighted by atomic mass is 16.6. The monoisotopic (exact) mass is 234 g/mol. The lowest BCUT2D eigenvalue weighted by Crippen LogP contribution is -2.04. The number of aromatic nitrogens is 2. The van der Waals surface area contributed by atoms with Crippen molar-refractivity contribution in [1.82, 2.24) is 10.2 Å². The molecule has 1 atom stereocenters. The minimum atomic E-state index is -0.467. The van der Waals surface area contributed by atoms with Gasteiger partial charge in [-0.05, 0) is 19.1 Å². The molecule has 0 saturated carbocycles. The molecule has 0 radical (unpaired) electrons. The standard InChI is InChI=1S/C10H10N4O3/c1-6(11)9-12-13-10(17-9)7-2-4-8(5-3-7)14(15)16/h2-6H,11H2,1H3. The van der Waals surface area contributed by atoms with Gasteiger partial charge >= 0.3 is 0 Å². The summed E-state index contributed by atoms with van der Waals surface area (Å²) in [6.45, 7) is 1.73. The molecule has 0 bridgehead atoms. The van der Waals surface area contributed by atoms with Gasteiger partial charge in [0.15, 0.2) is 0 Å². The van der Waals surface area contributed by atoms with E-state index in [-0.39, 0.29) is 11.7 Å². The summed E-state index contributed by atoms with van der Waals surface area (Å²) in [4.78, 5) is 10.0. The second kappa shape index (κ2) is 4.30. The number of nitro groups is 1. The minimum absolute atomic E-state index is 0.0145. The number of nitrogens with two attached hydrogens (primary N) is 1. The van der Waals surface area contributed by atoms with Gasteiger partial charge in [0, 0.05) is 17.7 Å². The van der Waals surface area contributed by atoms with Crippen LogP contribution in [0.5, 0.6) is 0 Å². The summed E-state index contributed by atoms with van der Waals surface area (Å²) in [7, 11) is 0. The van der Waals surface area contributed by atoms with Crippen LogP contribution in [0.2, 0.25) is 0 Å². The summed E-state index contributed by atoms with van der Waals surface area (Å²) in [5.41, 5.74) is 6.22. The molecule has 7 heteroatoms. The fraction of sp³-hybridized carbons (Fsp3) is 0.200. The lowest BCUT2D eigenvalue weighted by molar-refractivity contribution is -0.384. The van der Waals surface area contributed by atoms with Gasteiger partial charge in [0.25, 0.3) is 5.69 Å². The Morgan fingerprint density at radius 3 is 2.47 bits per heavy atom. The van der Waals surface area contributed by atoms with Crippen LogP contribution < -0.4 is 5.73 Å². The Morgan fingerprint density at radius 1 is 1.35 bits per heavy atom. The van der Waals surface area contributed by atoms with Gasteiger partial charge < -0.3 is 10.2 Å². The molecule has 2 aromatic rings. The van der Waals surface area contributed by atoms with E-state index in [1.165, 1.54) is 12.1 Å². The maximum absolute atomic E-state index is 10.5. The Morgan fingerprint density at radius 2 is 2.00 bits per heavy atom. The molecule has 0 aliphatic heterocycles. The van der Waals surface area contributed by atoms with Crippen molar-refractivity contribution >= 4 is 5.69 Å². The van der Waals surface area contributed by atoms with Crippen LogP contribution in [0.1, 0.15) is 18.9 Å². The molecule has 17 heavy (non-hydrogen) atoms. The maximum atomic E-state index is 10.5. The van der Waals surface area contributed by atoms with Crippen molar-refractivity contribution in [3.8, 4) is 11.5 Å². The van der Waals surface area contributed by atoms with Crippen LogP contribution >= 0.6 is 0 Å². The van der Waals surface area contributed by atoms with Gasteiger partial charge in [0.1, 0.15) is 0 Å². The molecule has 7 nitrogen and oxygen atoms in total. The van der Waals surface area contributed by atoms with Crippen molar-refractivity contribution in [2.45, 2.75) is 13.0 Å². The normalized spacial score (nSPS) is 12.4. The SMILES string of the molecule is CC(N)c1nnc(-c2ccc([N+](=O)[O-])cc2)o1. The van der Waals surface area contributed by atoms with Crippen LogP contribution in [0.25, 0.3) is 11.5 Å². The van der Waals surface area contributed by atoms with Crippen molar-refractivity contribution in [3.63, 3.8) is 0 Å².